The van der Waals surface area contributed by atoms with Crippen LogP contribution in [0.25, 0.3) is 0 Å². The van der Waals surface area contributed by atoms with Gasteiger partial charge in [0.1, 0.15) is 6.04 Å². The summed E-state index contributed by atoms with van der Waals surface area (Å²) in [4.78, 5) is 44.2. The summed E-state index contributed by atoms with van der Waals surface area (Å²) < 4.78 is 43.4. The van der Waals surface area contributed by atoms with Crippen molar-refractivity contribution in [3.05, 3.63) is 52.8 Å². The third-order valence-corrected chi connectivity index (χ3v) is 9.23. The minimum absolute atomic E-state index is 0.00844. The highest BCUT2D eigenvalue weighted by Gasteiger charge is 2.42. The van der Waals surface area contributed by atoms with Gasteiger partial charge in [-0.25, -0.2) is 0 Å². The number of alkyl halides is 3. The third kappa shape index (κ3) is 5.23. The first kappa shape index (κ1) is 27.8. The normalized spacial score (nSPS) is 23.9. The van der Waals surface area contributed by atoms with Gasteiger partial charge < -0.3 is 14.7 Å². The van der Waals surface area contributed by atoms with Crippen LogP contribution in [0.4, 0.5) is 13.2 Å². The fourth-order valence-corrected chi connectivity index (χ4v) is 7.07. The summed E-state index contributed by atoms with van der Waals surface area (Å²) in [5, 5.41) is 4.66. The molecule has 4 heterocycles. The van der Waals surface area contributed by atoms with Crippen LogP contribution in [0.5, 0.6) is 0 Å². The topological polar surface area (TPSA) is 78.8 Å². The van der Waals surface area contributed by atoms with Crippen LogP contribution in [0.1, 0.15) is 103 Å². The monoisotopic (exact) mass is 571 g/mol. The van der Waals surface area contributed by atoms with Gasteiger partial charge in [0, 0.05) is 39.0 Å². The van der Waals surface area contributed by atoms with Gasteiger partial charge in [0.25, 0.3) is 5.91 Å². The molecule has 3 aliphatic heterocycles. The molecule has 2 atom stereocenters. The van der Waals surface area contributed by atoms with E-state index in [0.717, 1.165) is 31.0 Å². The zero-order valence-corrected chi connectivity index (χ0v) is 23.3. The van der Waals surface area contributed by atoms with Crippen LogP contribution in [0.3, 0.4) is 0 Å². The van der Waals surface area contributed by atoms with Gasteiger partial charge >= 0.3 is 6.18 Å². The Hall–Kier alpha value is -3.37. The fraction of sp³-hybridized carbons (Fsp3) is 0.600. The standard InChI is InChI=1S/C30H36F3N5O3/c1-19(39)36-14-5-9-26(36)29(41)35-16-12-21(13-17-35)38-27(20-10-11-20)23(18-34-38)28(40)37-15-4-8-25(37)22-6-2-3-7-24(22)30(31,32)33/h2-3,6-7,18,20-21,25-26H,4-5,8-17H2,1H3. The first-order valence-corrected chi connectivity index (χ1v) is 14.8. The summed E-state index contributed by atoms with van der Waals surface area (Å²) >= 11 is 0. The van der Waals surface area contributed by atoms with Crippen molar-refractivity contribution in [1.82, 2.24) is 24.5 Å². The SMILES string of the molecule is CC(=O)N1CCCC1C(=O)N1CCC(n2ncc(C(=O)N3CCCC3c3ccccc3C(F)(F)F)c2C2CC2)CC1. The lowest BCUT2D eigenvalue weighted by Crippen LogP contribution is -2.49. The molecule has 11 heteroatoms. The highest BCUT2D eigenvalue weighted by atomic mass is 19.4. The van der Waals surface area contributed by atoms with Gasteiger partial charge in [-0.3, -0.25) is 19.1 Å². The van der Waals surface area contributed by atoms with Crippen molar-refractivity contribution in [2.24, 2.45) is 0 Å². The molecule has 1 aliphatic carbocycles. The number of benzene rings is 1. The van der Waals surface area contributed by atoms with Gasteiger partial charge in [-0.15, -0.1) is 0 Å². The minimum Gasteiger partial charge on any atom is -0.341 e. The van der Waals surface area contributed by atoms with E-state index in [1.807, 2.05) is 9.58 Å². The fourth-order valence-electron chi connectivity index (χ4n) is 7.07. The molecule has 0 bridgehead atoms. The number of piperidine rings is 1. The first-order chi connectivity index (χ1) is 19.6. The molecule has 8 nitrogen and oxygen atoms in total. The smallest absolute Gasteiger partial charge is 0.341 e. The third-order valence-electron chi connectivity index (χ3n) is 9.23. The Balaban J connectivity index is 1.19. The van der Waals surface area contributed by atoms with Crippen LogP contribution in [0.2, 0.25) is 0 Å². The number of hydrogen-bond acceptors (Lipinski definition) is 4. The molecule has 1 aromatic carbocycles. The van der Waals surface area contributed by atoms with E-state index in [-0.39, 0.29) is 41.3 Å². The molecule has 4 fully saturated rings. The molecule has 4 aliphatic rings. The van der Waals surface area contributed by atoms with Gasteiger partial charge in [-0.2, -0.15) is 18.3 Å². The van der Waals surface area contributed by atoms with Crippen LogP contribution >= 0.6 is 0 Å². The Morgan fingerprint density at radius 1 is 0.878 bits per heavy atom. The van der Waals surface area contributed by atoms with Crippen LogP contribution in [-0.4, -0.2) is 74.4 Å². The highest BCUT2D eigenvalue weighted by Crippen LogP contribution is 2.45. The molecule has 2 unspecified atom stereocenters. The van der Waals surface area contributed by atoms with E-state index >= 15 is 0 Å². The molecule has 1 saturated carbocycles. The zero-order valence-electron chi connectivity index (χ0n) is 23.3. The van der Waals surface area contributed by atoms with Crippen LogP contribution in [0, 0.1) is 0 Å². The van der Waals surface area contributed by atoms with Crippen LogP contribution < -0.4 is 0 Å². The van der Waals surface area contributed by atoms with E-state index in [9.17, 15) is 27.6 Å². The van der Waals surface area contributed by atoms with Crippen molar-refractivity contribution in [2.45, 2.75) is 88.5 Å². The van der Waals surface area contributed by atoms with Gasteiger partial charge in [-0.1, -0.05) is 18.2 Å². The van der Waals surface area contributed by atoms with Crippen molar-refractivity contribution in [2.75, 3.05) is 26.2 Å². The lowest BCUT2D eigenvalue weighted by molar-refractivity contribution is -0.143. The van der Waals surface area contributed by atoms with Gasteiger partial charge in [0.15, 0.2) is 0 Å². The minimum atomic E-state index is -4.49. The summed E-state index contributed by atoms with van der Waals surface area (Å²) in [6.45, 7) is 3.65. The molecule has 6 rings (SSSR count). The number of carbonyl (C=O) groups excluding carboxylic acids is 3. The summed E-state index contributed by atoms with van der Waals surface area (Å²) in [6, 6.07) is 4.58. The Labute approximate surface area is 237 Å². The second kappa shape index (κ2) is 10.8. The number of aromatic nitrogens is 2. The Kier molecular flexibility index (Phi) is 7.32. The Morgan fingerprint density at radius 3 is 2.24 bits per heavy atom. The maximum absolute atomic E-state index is 13.9. The molecule has 3 amide bonds. The summed E-state index contributed by atoms with van der Waals surface area (Å²) in [5.74, 6) is -0.104. The number of carbonyl (C=O) groups is 3. The van der Waals surface area contributed by atoms with Crippen LogP contribution in [-0.2, 0) is 15.8 Å². The van der Waals surface area contributed by atoms with Crippen molar-refractivity contribution >= 4 is 17.7 Å². The van der Waals surface area contributed by atoms with Gasteiger partial charge in [-0.05, 0) is 63.0 Å². The molecule has 0 N–H and O–H groups in total. The summed E-state index contributed by atoms with van der Waals surface area (Å²) in [7, 11) is 0. The Bertz CT molecular complexity index is 1330. The second-order valence-corrected chi connectivity index (χ2v) is 11.8. The Morgan fingerprint density at radius 2 is 1.56 bits per heavy atom. The van der Waals surface area contributed by atoms with E-state index in [1.54, 1.807) is 22.1 Å². The van der Waals surface area contributed by atoms with E-state index in [2.05, 4.69) is 5.10 Å². The average Bonchev–Trinajstić information content (AvgIpc) is 3.35. The number of likely N-dealkylation sites (tertiary alicyclic amines) is 3. The molecule has 3 saturated heterocycles. The van der Waals surface area contributed by atoms with Crippen molar-refractivity contribution in [1.29, 1.82) is 0 Å². The van der Waals surface area contributed by atoms with Gasteiger partial charge in [0.2, 0.25) is 11.8 Å². The molecule has 0 radical (unpaired) electrons. The number of hydrogen-bond donors (Lipinski definition) is 0. The zero-order chi connectivity index (χ0) is 28.9. The average molecular weight is 572 g/mol. The van der Waals surface area contributed by atoms with Crippen molar-refractivity contribution in [3.63, 3.8) is 0 Å². The van der Waals surface area contributed by atoms with Gasteiger partial charge in [0.05, 0.1) is 35.1 Å². The highest BCUT2D eigenvalue weighted by molar-refractivity contribution is 5.96. The summed E-state index contributed by atoms with van der Waals surface area (Å²) in [5.41, 5.74) is 0.834. The molecule has 220 valence electrons. The lowest BCUT2D eigenvalue weighted by Gasteiger charge is -2.36. The molecule has 1 aromatic heterocycles. The predicted molar refractivity (Wildman–Crippen MR) is 144 cm³/mol. The molecule has 41 heavy (non-hydrogen) atoms. The molecule has 2 aromatic rings. The number of amides is 3. The van der Waals surface area contributed by atoms with E-state index in [1.165, 1.54) is 19.1 Å². The number of nitrogens with zero attached hydrogens (tertiary/aromatic N) is 5. The van der Waals surface area contributed by atoms with Crippen molar-refractivity contribution in [3.8, 4) is 0 Å². The number of rotatable bonds is 5. The largest absolute Gasteiger partial charge is 0.416 e. The van der Waals surface area contributed by atoms with Crippen molar-refractivity contribution < 1.29 is 27.6 Å². The van der Waals surface area contributed by atoms with E-state index in [4.69, 9.17) is 0 Å². The maximum atomic E-state index is 13.9. The quantitative estimate of drug-likeness (QED) is 0.510. The molecular formula is C30H36F3N5O3. The van der Waals surface area contributed by atoms with E-state index in [0.29, 0.717) is 63.8 Å². The second-order valence-electron chi connectivity index (χ2n) is 11.8. The molecular weight excluding hydrogens is 535 g/mol. The predicted octanol–water partition coefficient (Wildman–Crippen LogP) is 4.93. The maximum Gasteiger partial charge on any atom is 0.416 e. The lowest BCUT2D eigenvalue weighted by atomic mass is 9.97. The van der Waals surface area contributed by atoms with Crippen LogP contribution in [0.15, 0.2) is 30.5 Å². The first-order valence-electron chi connectivity index (χ1n) is 14.8. The van der Waals surface area contributed by atoms with E-state index < -0.39 is 17.8 Å². The number of halogens is 3. The summed E-state index contributed by atoms with van der Waals surface area (Å²) in [6.07, 6.45) is 3.05. The molecule has 0 spiro atoms.